The molecule has 2 aliphatic rings. The maximum atomic E-state index is 14.1. The summed E-state index contributed by atoms with van der Waals surface area (Å²) in [6, 6.07) is 41.9. The number of hydrogen-bond donors (Lipinski definition) is 0. The van der Waals surface area contributed by atoms with E-state index in [0.29, 0.717) is 31.2 Å². The van der Waals surface area contributed by atoms with Crippen LogP contribution in [-0.2, 0) is 33.2 Å². The third-order valence-electron chi connectivity index (χ3n) is 11.8. The SMILES string of the molecule is CC1=C(CC[C@H](C)OC(=O)c2ccccc2)C(C)(C)C[C@H](O[C@@H]2O[C@H](COC(=O)c3ccccc3)[C@@H](OC(=O)c3ccccc3)[C@H](OC(=O)c3ccccc3)[C@H]2OC(=O)c2ccccc2)C1. The molecular weight excluding hydrogens is 841 g/mol. The Morgan fingerprint density at radius 1 is 0.576 bits per heavy atom. The fraction of sp³-hybridized carbons (Fsp3) is 0.315. The van der Waals surface area contributed by atoms with Gasteiger partial charge in [-0.05, 0) is 106 Å². The van der Waals surface area contributed by atoms with Crippen LogP contribution in [0.25, 0.3) is 0 Å². The topological polar surface area (TPSA) is 150 Å². The van der Waals surface area contributed by atoms with E-state index in [-0.39, 0.29) is 34.3 Å². The summed E-state index contributed by atoms with van der Waals surface area (Å²) in [7, 11) is 0. The molecule has 66 heavy (non-hydrogen) atoms. The minimum atomic E-state index is -1.54. The van der Waals surface area contributed by atoms with E-state index < -0.39 is 72.7 Å². The van der Waals surface area contributed by atoms with Gasteiger partial charge >= 0.3 is 29.8 Å². The molecule has 0 unspecified atom stereocenters. The minimum Gasteiger partial charge on any atom is -0.459 e. The molecule has 1 aliphatic heterocycles. The highest BCUT2D eigenvalue weighted by atomic mass is 16.7. The van der Waals surface area contributed by atoms with Crippen LogP contribution < -0.4 is 0 Å². The quantitative estimate of drug-likeness (QED) is 0.0527. The van der Waals surface area contributed by atoms with Gasteiger partial charge in [-0.15, -0.1) is 0 Å². The first-order chi connectivity index (χ1) is 31.9. The lowest BCUT2D eigenvalue weighted by Gasteiger charge is -2.46. The molecule has 5 aromatic rings. The molecule has 5 aromatic carbocycles. The van der Waals surface area contributed by atoms with Gasteiger partial charge in [0, 0.05) is 0 Å². The Morgan fingerprint density at radius 2 is 0.985 bits per heavy atom. The Bertz CT molecular complexity index is 2460. The predicted molar refractivity (Wildman–Crippen MR) is 243 cm³/mol. The Kier molecular flexibility index (Phi) is 15.6. The standard InChI is InChI=1S/C54H54O12/c1-35-32-42(33-54(3,4)43(35)31-30-36(2)61-49(56)38-22-12-6-13-23-38)62-53-47(66-52(59)41-28-18-9-19-29-41)46(65-51(58)40-26-16-8-17-27-40)45(64-50(57)39-24-14-7-15-25-39)44(63-53)34-60-48(55)37-20-10-5-11-21-37/h5-29,36,42,44-47,53H,30-34H2,1-4H3/t36-,42+,44+,45+,46-,47+,53+/m0/s1. The number of rotatable bonds is 16. The summed E-state index contributed by atoms with van der Waals surface area (Å²) in [5.41, 5.74) is 3.20. The van der Waals surface area contributed by atoms with Crippen LogP contribution in [-0.4, -0.2) is 79.4 Å². The summed E-state index contributed by atoms with van der Waals surface area (Å²) in [5.74, 6) is -3.41. The Hall–Kier alpha value is -6.89. The van der Waals surface area contributed by atoms with E-state index in [0.717, 1.165) is 5.57 Å². The van der Waals surface area contributed by atoms with Crippen molar-refractivity contribution in [1.82, 2.24) is 0 Å². The van der Waals surface area contributed by atoms with Gasteiger partial charge in [0.25, 0.3) is 0 Å². The molecular formula is C54H54O12. The smallest absolute Gasteiger partial charge is 0.338 e. The summed E-state index contributed by atoms with van der Waals surface area (Å²) in [6.07, 6.45) is -5.86. The normalized spacial score (nSPS) is 21.7. The number of ether oxygens (including phenoxy) is 7. The van der Waals surface area contributed by atoms with Crippen molar-refractivity contribution in [2.45, 2.75) is 96.3 Å². The van der Waals surface area contributed by atoms with E-state index in [1.165, 1.54) is 5.57 Å². The van der Waals surface area contributed by atoms with Crippen LogP contribution >= 0.6 is 0 Å². The minimum absolute atomic E-state index is 0.182. The van der Waals surface area contributed by atoms with Crippen LogP contribution in [0.1, 0.15) is 105 Å². The zero-order valence-corrected chi connectivity index (χ0v) is 37.4. The molecule has 0 spiro atoms. The number of carbonyl (C=O) groups is 5. The number of carbonyl (C=O) groups excluding carboxylic acids is 5. The largest absolute Gasteiger partial charge is 0.459 e. The van der Waals surface area contributed by atoms with Crippen LogP contribution in [0, 0.1) is 5.41 Å². The van der Waals surface area contributed by atoms with Crippen LogP contribution in [0.5, 0.6) is 0 Å². The molecule has 7 rings (SSSR count). The van der Waals surface area contributed by atoms with Crippen LogP contribution in [0.2, 0.25) is 0 Å². The lowest BCUT2D eigenvalue weighted by molar-refractivity contribution is -0.310. The summed E-state index contributed by atoms with van der Waals surface area (Å²) in [6.45, 7) is 7.69. The maximum Gasteiger partial charge on any atom is 0.338 e. The maximum absolute atomic E-state index is 14.1. The van der Waals surface area contributed by atoms with Gasteiger partial charge in [0.15, 0.2) is 24.6 Å². The average Bonchev–Trinajstić information content (AvgIpc) is 3.33. The first-order valence-electron chi connectivity index (χ1n) is 22.1. The Balaban J connectivity index is 1.21. The molecule has 1 aliphatic carbocycles. The van der Waals surface area contributed by atoms with Gasteiger partial charge in [0.1, 0.15) is 12.7 Å². The lowest BCUT2D eigenvalue weighted by Crippen LogP contribution is -2.63. The first-order valence-corrected chi connectivity index (χ1v) is 22.1. The van der Waals surface area contributed by atoms with Gasteiger partial charge in [0.05, 0.1) is 40.0 Å². The third-order valence-corrected chi connectivity index (χ3v) is 11.8. The molecule has 342 valence electrons. The molecule has 0 aromatic heterocycles. The van der Waals surface area contributed by atoms with E-state index in [9.17, 15) is 24.0 Å². The molecule has 0 bridgehead atoms. The Morgan fingerprint density at radius 3 is 1.44 bits per heavy atom. The molecule has 0 amide bonds. The molecule has 12 heteroatoms. The monoisotopic (exact) mass is 894 g/mol. The number of esters is 5. The van der Waals surface area contributed by atoms with E-state index in [1.54, 1.807) is 146 Å². The molecule has 1 heterocycles. The van der Waals surface area contributed by atoms with Gasteiger partial charge < -0.3 is 33.2 Å². The first kappa shape index (κ1) is 47.1. The summed E-state index contributed by atoms with van der Waals surface area (Å²) in [4.78, 5) is 68.2. The van der Waals surface area contributed by atoms with Crippen LogP contribution in [0.3, 0.4) is 0 Å². The van der Waals surface area contributed by atoms with E-state index in [4.69, 9.17) is 33.2 Å². The number of allylic oxidation sites excluding steroid dienone is 1. The molecule has 1 saturated heterocycles. The fourth-order valence-electron chi connectivity index (χ4n) is 8.51. The average molecular weight is 895 g/mol. The summed E-state index contributed by atoms with van der Waals surface area (Å²) in [5, 5.41) is 0. The number of benzene rings is 5. The van der Waals surface area contributed by atoms with Crippen LogP contribution in [0.15, 0.2) is 163 Å². The zero-order chi connectivity index (χ0) is 46.6. The highest BCUT2D eigenvalue weighted by Gasteiger charge is 2.54. The number of hydrogen-bond acceptors (Lipinski definition) is 12. The van der Waals surface area contributed by atoms with Crippen molar-refractivity contribution in [3.63, 3.8) is 0 Å². The van der Waals surface area contributed by atoms with Crippen LogP contribution in [0.4, 0.5) is 0 Å². The van der Waals surface area contributed by atoms with Gasteiger partial charge in [-0.2, -0.15) is 0 Å². The van der Waals surface area contributed by atoms with Gasteiger partial charge in [-0.3, -0.25) is 0 Å². The summed E-state index contributed by atoms with van der Waals surface area (Å²) < 4.78 is 43.8. The van der Waals surface area contributed by atoms with Gasteiger partial charge in [-0.1, -0.05) is 116 Å². The Labute approximate surface area is 384 Å². The third kappa shape index (κ3) is 12.1. The second-order valence-electron chi connectivity index (χ2n) is 17.1. The second kappa shape index (κ2) is 21.9. The van der Waals surface area contributed by atoms with Crippen molar-refractivity contribution in [3.8, 4) is 0 Å². The predicted octanol–water partition coefficient (Wildman–Crippen LogP) is 9.79. The molecule has 0 radical (unpaired) electrons. The van der Waals surface area contributed by atoms with Crippen molar-refractivity contribution >= 4 is 29.8 Å². The zero-order valence-electron chi connectivity index (χ0n) is 37.4. The van der Waals surface area contributed by atoms with E-state index >= 15 is 0 Å². The molecule has 7 atom stereocenters. The van der Waals surface area contributed by atoms with Crippen molar-refractivity contribution in [3.05, 3.63) is 191 Å². The molecule has 1 fully saturated rings. The van der Waals surface area contributed by atoms with Crippen molar-refractivity contribution in [2.24, 2.45) is 5.41 Å². The van der Waals surface area contributed by atoms with Crippen molar-refractivity contribution in [2.75, 3.05) is 6.61 Å². The highest BCUT2D eigenvalue weighted by molar-refractivity contribution is 5.92. The molecule has 12 nitrogen and oxygen atoms in total. The van der Waals surface area contributed by atoms with Crippen molar-refractivity contribution < 1.29 is 57.1 Å². The van der Waals surface area contributed by atoms with Crippen molar-refractivity contribution in [1.29, 1.82) is 0 Å². The summed E-state index contributed by atoms with van der Waals surface area (Å²) >= 11 is 0. The van der Waals surface area contributed by atoms with Gasteiger partial charge in [0.2, 0.25) is 0 Å². The second-order valence-corrected chi connectivity index (χ2v) is 17.1. The highest BCUT2D eigenvalue weighted by Crippen LogP contribution is 2.45. The molecule has 0 N–H and O–H groups in total. The fourth-order valence-corrected chi connectivity index (χ4v) is 8.51. The lowest BCUT2D eigenvalue weighted by atomic mass is 9.70. The van der Waals surface area contributed by atoms with Gasteiger partial charge in [-0.25, -0.2) is 24.0 Å². The molecule has 0 saturated carbocycles. The van der Waals surface area contributed by atoms with E-state index in [1.807, 2.05) is 19.9 Å². The van der Waals surface area contributed by atoms with E-state index in [2.05, 4.69) is 13.8 Å².